The van der Waals surface area contributed by atoms with Crippen molar-refractivity contribution in [2.75, 3.05) is 13.7 Å². The van der Waals surface area contributed by atoms with Crippen LogP contribution in [0.2, 0.25) is 0 Å². The second-order valence-corrected chi connectivity index (χ2v) is 4.07. The Morgan fingerprint density at radius 3 is 2.29 bits per heavy atom. The fourth-order valence-corrected chi connectivity index (χ4v) is 1.54. The van der Waals surface area contributed by atoms with E-state index in [0.717, 1.165) is 0 Å². The van der Waals surface area contributed by atoms with Crippen LogP contribution in [-0.4, -0.2) is 31.6 Å². The fourth-order valence-electron chi connectivity index (χ4n) is 1.54. The summed E-state index contributed by atoms with van der Waals surface area (Å²) in [6, 6.07) is 6.39. The smallest absolute Gasteiger partial charge is 0.354 e. The van der Waals surface area contributed by atoms with Crippen LogP contribution in [0.1, 0.15) is 29.8 Å². The highest BCUT2D eigenvalue weighted by Gasteiger charge is 2.12. The average molecular weight is 291 g/mol. The molecule has 112 valence electrons. The molecular formula is C15H17NO5. The van der Waals surface area contributed by atoms with Crippen molar-refractivity contribution in [2.45, 2.75) is 13.8 Å². The molecule has 0 heterocycles. The fraction of sp³-hybridized carbons (Fsp3) is 0.267. The van der Waals surface area contributed by atoms with Crippen molar-refractivity contribution in [1.82, 2.24) is 5.32 Å². The zero-order chi connectivity index (χ0) is 15.8. The van der Waals surface area contributed by atoms with Crippen LogP contribution in [0, 0.1) is 0 Å². The third kappa shape index (κ3) is 5.10. The van der Waals surface area contributed by atoms with Gasteiger partial charge in [-0.1, -0.05) is 12.1 Å². The van der Waals surface area contributed by atoms with Crippen molar-refractivity contribution in [2.24, 2.45) is 0 Å². The summed E-state index contributed by atoms with van der Waals surface area (Å²) in [5, 5.41) is 2.42. The zero-order valence-electron chi connectivity index (χ0n) is 12.1. The minimum absolute atomic E-state index is 0.0372. The van der Waals surface area contributed by atoms with Crippen LogP contribution in [0.3, 0.4) is 0 Å². The van der Waals surface area contributed by atoms with Gasteiger partial charge >= 0.3 is 11.9 Å². The van der Waals surface area contributed by atoms with Gasteiger partial charge in [-0.2, -0.15) is 0 Å². The number of carbonyl (C=O) groups excluding carboxylic acids is 3. The van der Waals surface area contributed by atoms with Gasteiger partial charge in [-0.3, -0.25) is 4.79 Å². The maximum Gasteiger partial charge on any atom is 0.354 e. The van der Waals surface area contributed by atoms with E-state index < -0.39 is 11.9 Å². The molecule has 1 amide bonds. The van der Waals surface area contributed by atoms with E-state index in [1.165, 1.54) is 20.1 Å². The molecule has 0 fully saturated rings. The second-order valence-electron chi connectivity index (χ2n) is 4.07. The van der Waals surface area contributed by atoms with Crippen molar-refractivity contribution >= 4 is 23.9 Å². The molecule has 0 saturated carbocycles. The number of benzene rings is 1. The average Bonchev–Trinajstić information content (AvgIpc) is 2.46. The summed E-state index contributed by atoms with van der Waals surface area (Å²) < 4.78 is 9.45. The first kappa shape index (κ1) is 16.4. The van der Waals surface area contributed by atoms with Crippen molar-refractivity contribution in [3.63, 3.8) is 0 Å². The third-order valence-electron chi connectivity index (χ3n) is 2.45. The number of carbonyl (C=O) groups is 3. The molecule has 0 aliphatic rings. The summed E-state index contributed by atoms with van der Waals surface area (Å²) in [7, 11) is 1.30. The first-order chi connectivity index (χ1) is 9.97. The summed E-state index contributed by atoms with van der Waals surface area (Å²) in [5.74, 6) is -1.44. The van der Waals surface area contributed by atoms with Crippen LogP contribution in [0.5, 0.6) is 0 Å². The number of esters is 2. The lowest BCUT2D eigenvalue weighted by molar-refractivity contribution is -0.139. The first-order valence-corrected chi connectivity index (χ1v) is 6.32. The van der Waals surface area contributed by atoms with Crippen molar-refractivity contribution < 1.29 is 23.9 Å². The molecule has 0 atom stereocenters. The molecule has 0 aliphatic heterocycles. The lowest BCUT2D eigenvalue weighted by atomic mass is 10.1. The molecule has 0 aromatic heterocycles. The number of hydrogen-bond acceptors (Lipinski definition) is 5. The van der Waals surface area contributed by atoms with Gasteiger partial charge in [0.05, 0.1) is 19.3 Å². The SMILES string of the molecule is CCOC(=O)C(=Cc1ccc(C(=O)OC)cc1)NC(C)=O. The van der Waals surface area contributed by atoms with Gasteiger partial charge in [-0.15, -0.1) is 0 Å². The van der Waals surface area contributed by atoms with E-state index in [1.54, 1.807) is 31.2 Å². The molecule has 0 saturated heterocycles. The van der Waals surface area contributed by atoms with E-state index >= 15 is 0 Å². The van der Waals surface area contributed by atoms with Crippen LogP contribution >= 0.6 is 0 Å². The second kappa shape index (κ2) is 7.84. The summed E-state index contributed by atoms with van der Waals surface area (Å²) in [6.45, 7) is 3.18. The predicted molar refractivity (Wildman–Crippen MR) is 76.2 cm³/mol. The Balaban J connectivity index is 3.01. The van der Waals surface area contributed by atoms with Crippen LogP contribution in [0.4, 0.5) is 0 Å². The van der Waals surface area contributed by atoms with Gasteiger partial charge in [0.15, 0.2) is 0 Å². The molecule has 6 nitrogen and oxygen atoms in total. The summed E-state index contributed by atoms with van der Waals surface area (Å²) in [6.07, 6.45) is 1.47. The van der Waals surface area contributed by atoms with Gasteiger partial charge in [0.25, 0.3) is 0 Å². The molecule has 0 unspecified atom stereocenters. The van der Waals surface area contributed by atoms with Crippen molar-refractivity contribution in [3.05, 3.63) is 41.1 Å². The number of ether oxygens (including phenoxy) is 2. The van der Waals surface area contributed by atoms with Gasteiger partial charge in [0, 0.05) is 6.92 Å². The van der Waals surface area contributed by atoms with E-state index in [4.69, 9.17) is 4.74 Å². The van der Waals surface area contributed by atoms with E-state index in [0.29, 0.717) is 11.1 Å². The summed E-state index contributed by atoms with van der Waals surface area (Å²) in [4.78, 5) is 34.2. The van der Waals surface area contributed by atoms with E-state index in [9.17, 15) is 14.4 Å². The topological polar surface area (TPSA) is 81.7 Å². The van der Waals surface area contributed by atoms with E-state index in [-0.39, 0.29) is 18.2 Å². The summed E-state index contributed by atoms with van der Waals surface area (Å²) in [5.41, 5.74) is 1.07. The van der Waals surface area contributed by atoms with Crippen molar-refractivity contribution in [1.29, 1.82) is 0 Å². The summed E-state index contributed by atoms with van der Waals surface area (Å²) >= 11 is 0. The third-order valence-corrected chi connectivity index (χ3v) is 2.45. The molecular weight excluding hydrogens is 274 g/mol. The quantitative estimate of drug-likeness (QED) is 0.657. The minimum Gasteiger partial charge on any atom is -0.465 e. The van der Waals surface area contributed by atoms with Gasteiger partial charge in [0.1, 0.15) is 5.70 Å². The molecule has 0 bridgehead atoms. The zero-order valence-corrected chi connectivity index (χ0v) is 12.1. The largest absolute Gasteiger partial charge is 0.465 e. The number of methoxy groups -OCH3 is 1. The molecule has 1 N–H and O–H groups in total. The van der Waals surface area contributed by atoms with Crippen LogP contribution in [-0.2, 0) is 19.1 Å². The number of amides is 1. The molecule has 6 heteroatoms. The van der Waals surface area contributed by atoms with Gasteiger partial charge < -0.3 is 14.8 Å². The maximum atomic E-state index is 11.7. The van der Waals surface area contributed by atoms with Gasteiger partial charge in [0.2, 0.25) is 5.91 Å². The number of rotatable bonds is 5. The molecule has 21 heavy (non-hydrogen) atoms. The maximum absolute atomic E-state index is 11.7. The van der Waals surface area contributed by atoms with Crippen LogP contribution < -0.4 is 5.32 Å². The highest BCUT2D eigenvalue weighted by atomic mass is 16.5. The van der Waals surface area contributed by atoms with Gasteiger partial charge in [-0.25, -0.2) is 9.59 Å². The molecule has 0 aliphatic carbocycles. The van der Waals surface area contributed by atoms with E-state index in [2.05, 4.69) is 10.1 Å². The number of hydrogen-bond donors (Lipinski definition) is 1. The minimum atomic E-state index is -0.621. The molecule has 1 aromatic carbocycles. The Morgan fingerprint density at radius 1 is 1.19 bits per heavy atom. The van der Waals surface area contributed by atoms with Crippen molar-refractivity contribution in [3.8, 4) is 0 Å². The molecule has 1 aromatic rings. The lowest BCUT2D eigenvalue weighted by Crippen LogP contribution is -2.26. The Hall–Kier alpha value is -2.63. The molecule has 0 radical (unpaired) electrons. The Morgan fingerprint density at radius 2 is 1.81 bits per heavy atom. The van der Waals surface area contributed by atoms with Crippen LogP contribution in [0.15, 0.2) is 30.0 Å². The Bertz CT molecular complexity index is 560. The lowest BCUT2D eigenvalue weighted by Gasteiger charge is -2.07. The monoisotopic (exact) mass is 291 g/mol. The first-order valence-electron chi connectivity index (χ1n) is 6.32. The van der Waals surface area contributed by atoms with Gasteiger partial charge in [-0.05, 0) is 30.7 Å². The van der Waals surface area contributed by atoms with E-state index in [1.807, 2.05) is 0 Å². The standard InChI is InChI=1S/C15H17NO5/c1-4-21-15(19)13(16-10(2)17)9-11-5-7-12(8-6-11)14(18)20-3/h5-9H,4H2,1-3H3,(H,16,17). The normalized spacial score (nSPS) is 10.7. The Labute approximate surface area is 122 Å². The highest BCUT2D eigenvalue weighted by molar-refractivity contribution is 5.97. The predicted octanol–water partition coefficient (Wildman–Crippen LogP) is 1.51. The Kier molecular flexibility index (Phi) is 6.13. The van der Waals surface area contributed by atoms with Crippen LogP contribution in [0.25, 0.3) is 6.08 Å². The molecule has 0 spiro atoms. The highest BCUT2D eigenvalue weighted by Crippen LogP contribution is 2.10. The number of nitrogens with one attached hydrogen (secondary N) is 1. The molecule has 1 rings (SSSR count).